The van der Waals surface area contributed by atoms with Gasteiger partial charge in [0.05, 0.1) is 6.54 Å². The second-order valence-corrected chi connectivity index (χ2v) is 5.63. The maximum absolute atomic E-state index is 12.1. The van der Waals surface area contributed by atoms with E-state index >= 15 is 0 Å². The summed E-state index contributed by atoms with van der Waals surface area (Å²) < 4.78 is 0. The Morgan fingerprint density at radius 3 is 2.44 bits per heavy atom. The molecule has 18 heavy (non-hydrogen) atoms. The largest absolute Gasteiger partial charge is 0.342 e. The van der Waals surface area contributed by atoms with E-state index in [9.17, 15) is 9.59 Å². The molecule has 0 unspecified atom stereocenters. The fourth-order valence-electron chi connectivity index (χ4n) is 2.95. The van der Waals surface area contributed by atoms with Crippen molar-refractivity contribution in [3.05, 3.63) is 0 Å². The Balaban J connectivity index is 1.77. The Morgan fingerprint density at radius 2 is 1.83 bits per heavy atom. The summed E-state index contributed by atoms with van der Waals surface area (Å²) in [6.45, 7) is 2.37. The molecule has 0 aromatic heterocycles. The molecule has 0 N–H and O–H groups in total. The number of Topliss-reactive ketones (excluding diaryl/α,β-unsaturated/α-hetero) is 1. The number of likely N-dealkylation sites (tertiary alicyclic amines) is 1. The molecular weight excluding hydrogens is 228 g/mol. The number of likely N-dealkylation sites (N-methyl/N-ethyl adjacent to an activating group) is 1. The van der Waals surface area contributed by atoms with Gasteiger partial charge < -0.3 is 4.90 Å². The number of hydrogen-bond acceptors (Lipinski definition) is 3. The first-order valence-electron chi connectivity index (χ1n) is 7.16. The lowest BCUT2D eigenvalue weighted by Crippen LogP contribution is -2.45. The highest BCUT2D eigenvalue weighted by molar-refractivity contribution is 5.79. The van der Waals surface area contributed by atoms with Crippen molar-refractivity contribution < 1.29 is 9.59 Å². The molecule has 4 heteroatoms. The third kappa shape index (κ3) is 3.55. The van der Waals surface area contributed by atoms with Gasteiger partial charge in [0.2, 0.25) is 5.91 Å². The van der Waals surface area contributed by atoms with Gasteiger partial charge in [-0.2, -0.15) is 0 Å². The fraction of sp³-hybridized carbons (Fsp3) is 0.857. The number of rotatable bonds is 3. The molecule has 102 valence electrons. The number of carbonyl (C=O) groups excluding carboxylic acids is 2. The average molecular weight is 252 g/mol. The smallest absolute Gasteiger partial charge is 0.236 e. The number of piperidine rings is 1. The maximum atomic E-state index is 12.1. The van der Waals surface area contributed by atoms with E-state index in [0.29, 0.717) is 31.2 Å². The van der Waals surface area contributed by atoms with Crippen LogP contribution in [0.4, 0.5) is 0 Å². The Morgan fingerprint density at radius 1 is 1.22 bits per heavy atom. The third-order valence-electron chi connectivity index (χ3n) is 4.23. The topological polar surface area (TPSA) is 40.6 Å². The van der Waals surface area contributed by atoms with Gasteiger partial charge in [-0.15, -0.1) is 0 Å². The molecule has 1 amide bonds. The molecule has 1 heterocycles. The second kappa shape index (κ2) is 6.32. The van der Waals surface area contributed by atoms with Crippen LogP contribution in [-0.4, -0.2) is 54.2 Å². The van der Waals surface area contributed by atoms with E-state index in [2.05, 4.69) is 4.90 Å². The summed E-state index contributed by atoms with van der Waals surface area (Å²) >= 11 is 0. The zero-order valence-electron chi connectivity index (χ0n) is 11.4. The molecular formula is C14H24N2O2. The van der Waals surface area contributed by atoms with Crippen LogP contribution in [0, 0.1) is 0 Å². The first-order chi connectivity index (χ1) is 8.66. The van der Waals surface area contributed by atoms with Crippen molar-refractivity contribution in [2.45, 2.75) is 51.0 Å². The highest BCUT2D eigenvalue weighted by atomic mass is 16.2. The zero-order valence-corrected chi connectivity index (χ0v) is 11.4. The summed E-state index contributed by atoms with van der Waals surface area (Å²) in [7, 11) is 2.02. The van der Waals surface area contributed by atoms with Crippen molar-refractivity contribution in [3.63, 3.8) is 0 Å². The molecule has 1 saturated heterocycles. The molecule has 0 aromatic carbocycles. The molecule has 2 rings (SSSR count). The van der Waals surface area contributed by atoms with Crippen LogP contribution in [0.25, 0.3) is 0 Å². The van der Waals surface area contributed by atoms with Gasteiger partial charge in [-0.25, -0.2) is 0 Å². The lowest BCUT2D eigenvalue weighted by molar-refractivity contribution is -0.133. The predicted molar refractivity (Wildman–Crippen MR) is 70.3 cm³/mol. The van der Waals surface area contributed by atoms with Gasteiger partial charge in [0.15, 0.2) is 0 Å². The number of carbonyl (C=O) groups is 2. The Kier molecular flexibility index (Phi) is 4.75. The quantitative estimate of drug-likeness (QED) is 0.763. The lowest BCUT2D eigenvalue weighted by Gasteiger charge is -2.33. The molecule has 1 saturated carbocycles. The summed E-state index contributed by atoms with van der Waals surface area (Å²) in [5.74, 6) is 0.635. The van der Waals surface area contributed by atoms with Gasteiger partial charge in [0.25, 0.3) is 0 Å². The SMILES string of the molecule is CN(CC(=O)N1CCCCC1)C1CCC(=O)CC1. The molecule has 4 nitrogen and oxygen atoms in total. The number of ketones is 1. The minimum Gasteiger partial charge on any atom is -0.342 e. The van der Waals surface area contributed by atoms with E-state index < -0.39 is 0 Å². The van der Waals surface area contributed by atoms with Crippen molar-refractivity contribution in [2.24, 2.45) is 0 Å². The molecule has 2 fully saturated rings. The van der Waals surface area contributed by atoms with Crippen molar-refractivity contribution in [1.82, 2.24) is 9.80 Å². The Labute approximate surface area is 109 Å². The van der Waals surface area contributed by atoms with Crippen molar-refractivity contribution in [2.75, 3.05) is 26.7 Å². The van der Waals surface area contributed by atoms with E-state index in [-0.39, 0.29) is 5.91 Å². The molecule has 1 aliphatic carbocycles. The van der Waals surface area contributed by atoms with Gasteiger partial charge >= 0.3 is 0 Å². The minimum absolute atomic E-state index is 0.258. The van der Waals surface area contributed by atoms with Crippen LogP contribution in [0.1, 0.15) is 44.9 Å². The van der Waals surface area contributed by atoms with Crippen LogP contribution in [0.2, 0.25) is 0 Å². The lowest BCUT2D eigenvalue weighted by atomic mass is 9.93. The van der Waals surface area contributed by atoms with Crippen LogP contribution in [0.15, 0.2) is 0 Å². The molecule has 0 spiro atoms. The van der Waals surface area contributed by atoms with Crippen LogP contribution in [0.3, 0.4) is 0 Å². The van der Waals surface area contributed by atoms with Crippen LogP contribution < -0.4 is 0 Å². The van der Waals surface area contributed by atoms with Crippen molar-refractivity contribution in [3.8, 4) is 0 Å². The number of amides is 1. The average Bonchev–Trinajstić information content (AvgIpc) is 2.40. The molecule has 2 aliphatic rings. The molecule has 0 bridgehead atoms. The Hall–Kier alpha value is -0.900. The van der Waals surface area contributed by atoms with E-state index in [1.807, 2.05) is 11.9 Å². The van der Waals surface area contributed by atoms with E-state index in [1.54, 1.807) is 0 Å². The van der Waals surface area contributed by atoms with Gasteiger partial charge in [-0.1, -0.05) is 0 Å². The van der Waals surface area contributed by atoms with Gasteiger partial charge in [-0.3, -0.25) is 14.5 Å². The Bertz CT molecular complexity index is 301. The fourth-order valence-corrected chi connectivity index (χ4v) is 2.95. The van der Waals surface area contributed by atoms with Gasteiger partial charge in [-0.05, 0) is 39.2 Å². The molecule has 0 radical (unpaired) electrons. The number of hydrogen-bond donors (Lipinski definition) is 0. The second-order valence-electron chi connectivity index (χ2n) is 5.63. The van der Waals surface area contributed by atoms with Crippen LogP contribution in [0.5, 0.6) is 0 Å². The normalized spacial score (nSPS) is 22.6. The molecule has 0 aromatic rings. The van der Waals surface area contributed by atoms with E-state index in [0.717, 1.165) is 38.8 Å². The zero-order chi connectivity index (χ0) is 13.0. The summed E-state index contributed by atoms with van der Waals surface area (Å²) in [4.78, 5) is 27.5. The highest BCUT2D eigenvalue weighted by Gasteiger charge is 2.25. The van der Waals surface area contributed by atoms with E-state index in [1.165, 1.54) is 6.42 Å². The third-order valence-corrected chi connectivity index (χ3v) is 4.23. The summed E-state index contributed by atoms with van der Waals surface area (Å²) in [6, 6.07) is 0.413. The predicted octanol–water partition coefficient (Wildman–Crippen LogP) is 1.44. The summed E-state index contributed by atoms with van der Waals surface area (Å²) in [5, 5.41) is 0. The first-order valence-corrected chi connectivity index (χ1v) is 7.16. The summed E-state index contributed by atoms with van der Waals surface area (Å²) in [5.41, 5.74) is 0. The van der Waals surface area contributed by atoms with Gasteiger partial charge in [0, 0.05) is 32.0 Å². The van der Waals surface area contributed by atoms with Crippen LogP contribution in [-0.2, 0) is 9.59 Å². The first kappa shape index (κ1) is 13.5. The van der Waals surface area contributed by atoms with Crippen molar-refractivity contribution >= 4 is 11.7 Å². The monoisotopic (exact) mass is 252 g/mol. The van der Waals surface area contributed by atoms with E-state index in [4.69, 9.17) is 0 Å². The standard InChI is InChI=1S/C14H24N2O2/c1-15(12-5-7-13(17)8-6-12)11-14(18)16-9-3-2-4-10-16/h12H,2-11H2,1H3. The number of nitrogens with zero attached hydrogens (tertiary/aromatic N) is 2. The maximum Gasteiger partial charge on any atom is 0.236 e. The minimum atomic E-state index is 0.258. The molecule has 1 aliphatic heterocycles. The summed E-state index contributed by atoms with van der Waals surface area (Å²) in [6.07, 6.45) is 6.76. The highest BCUT2D eigenvalue weighted by Crippen LogP contribution is 2.19. The molecule has 0 atom stereocenters. The van der Waals surface area contributed by atoms with Crippen molar-refractivity contribution in [1.29, 1.82) is 0 Å². The van der Waals surface area contributed by atoms with Gasteiger partial charge in [0.1, 0.15) is 5.78 Å². The van der Waals surface area contributed by atoms with Crippen LogP contribution >= 0.6 is 0 Å².